The Kier molecular flexibility index (Phi) is 5.14. The number of nitrogens with one attached hydrogen (secondary N) is 1. The molecule has 122 valence electrons. The van der Waals surface area contributed by atoms with Gasteiger partial charge in [-0.15, -0.1) is 0 Å². The van der Waals surface area contributed by atoms with Crippen LogP contribution in [0.15, 0.2) is 60.7 Å². The van der Waals surface area contributed by atoms with Crippen LogP contribution in [0, 0.1) is 0 Å². The molecule has 0 aliphatic carbocycles. The molecule has 0 bridgehead atoms. The Morgan fingerprint density at radius 2 is 1.57 bits per heavy atom. The maximum Gasteiger partial charge on any atom is 0.0450 e. The molecule has 0 spiro atoms. The third-order valence-electron chi connectivity index (χ3n) is 5.49. The SMILES string of the molecule is CCC1(CC)CNC(c2ccccc2)CN1Cc1ccccc1. The summed E-state index contributed by atoms with van der Waals surface area (Å²) >= 11 is 0. The normalized spacial score (nSPS) is 21.2. The first-order chi connectivity index (χ1) is 11.3. The lowest BCUT2D eigenvalue weighted by molar-refractivity contribution is 0.0241. The van der Waals surface area contributed by atoms with Crippen LogP contribution in [-0.2, 0) is 6.54 Å². The first-order valence-corrected chi connectivity index (χ1v) is 8.85. The van der Waals surface area contributed by atoms with E-state index in [0.29, 0.717) is 6.04 Å². The Bertz CT molecular complexity index is 590. The molecule has 0 aromatic heterocycles. The van der Waals surface area contributed by atoms with Gasteiger partial charge in [-0.2, -0.15) is 0 Å². The summed E-state index contributed by atoms with van der Waals surface area (Å²) in [6.07, 6.45) is 2.37. The second kappa shape index (κ2) is 7.29. The highest BCUT2D eigenvalue weighted by Gasteiger charge is 2.39. The van der Waals surface area contributed by atoms with Gasteiger partial charge in [-0.1, -0.05) is 74.5 Å². The van der Waals surface area contributed by atoms with Crippen LogP contribution in [0.4, 0.5) is 0 Å². The van der Waals surface area contributed by atoms with Crippen molar-refractivity contribution in [2.45, 2.75) is 44.8 Å². The molecule has 2 heteroatoms. The van der Waals surface area contributed by atoms with E-state index in [4.69, 9.17) is 0 Å². The van der Waals surface area contributed by atoms with E-state index in [1.807, 2.05) is 0 Å². The van der Waals surface area contributed by atoms with Crippen LogP contribution in [0.3, 0.4) is 0 Å². The first kappa shape index (κ1) is 16.2. The van der Waals surface area contributed by atoms with Gasteiger partial charge in [0, 0.05) is 31.2 Å². The maximum atomic E-state index is 3.80. The summed E-state index contributed by atoms with van der Waals surface area (Å²) in [4.78, 5) is 2.70. The number of rotatable bonds is 5. The standard InChI is InChI=1S/C21H28N2/c1-3-21(4-2)17-22-20(19-13-9-6-10-14-19)16-23(21)15-18-11-7-5-8-12-18/h5-14,20,22H,3-4,15-17H2,1-2H3. The highest BCUT2D eigenvalue weighted by Crippen LogP contribution is 2.32. The molecule has 1 aliphatic rings. The zero-order chi connectivity index (χ0) is 16.1. The summed E-state index contributed by atoms with van der Waals surface area (Å²) in [7, 11) is 0. The molecule has 2 aromatic carbocycles. The monoisotopic (exact) mass is 308 g/mol. The van der Waals surface area contributed by atoms with Crippen molar-refractivity contribution in [3.63, 3.8) is 0 Å². The van der Waals surface area contributed by atoms with Crippen LogP contribution >= 0.6 is 0 Å². The van der Waals surface area contributed by atoms with E-state index in [9.17, 15) is 0 Å². The van der Waals surface area contributed by atoms with Crippen LogP contribution in [-0.4, -0.2) is 23.5 Å². The minimum atomic E-state index is 0.265. The largest absolute Gasteiger partial charge is 0.307 e. The topological polar surface area (TPSA) is 15.3 Å². The molecule has 1 atom stereocenters. The third kappa shape index (κ3) is 3.49. The van der Waals surface area contributed by atoms with Crippen molar-refractivity contribution in [3.05, 3.63) is 71.8 Å². The van der Waals surface area contributed by atoms with Gasteiger partial charge in [-0.3, -0.25) is 4.90 Å². The van der Waals surface area contributed by atoms with E-state index < -0.39 is 0 Å². The molecule has 1 aliphatic heterocycles. The Hall–Kier alpha value is -1.64. The van der Waals surface area contributed by atoms with Crippen molar-refractivity contribution in [1.29, 1.82) is 0 Å². The molecule has 1 fully saturated rings. The van der Waals surface area contributed by atoms with Gasteiger partial charge in [0.2, 0.25) is 0 Å². The number of nitrogens with zero attached hydrogens (tertiary/aromatic N) is 1. The van der Waals surface area contributed by atoms with Gasteiger partial charge in [0.1, 0.15) is 0 Å². The molecule has 1 N–H and O–H groups in total. The summed E-state index contributed by atoms with van der Waals surface area (Å²) in [6.45, 7) is 7.82. The van der Waals surface area contributed by atoms with Crippen molar-refractivity contribution in [2.24, 2.45) is 0 Å². The van der Waals surface area contributed by atoms with Crippen LogP contribution < -0.4 is 5.32 Å². The van der Waals surface area contributed by atoms with Crippen molar-refractivity contribution in [2.75, 3.05) is 13.1 Å². The van der Waals surface area contributed by atoms with Gasteiger partial charge < -0.3 is 5.32 Å². The molecule has 23 heavy (non-hydrogen) atoms. The molecule has 0 saturated carbocycles. The molecule has 3 rings (SSSR count). The van der Waals surface area contributed by atoms with Crippen molar-refractivity contribution in [3.8, 4) is 0 Å². The number of benzene rings is 2. The van der Waals surface area contributed by atoms with E-state index in [0.717, 1.165) is 19.6 Å². The molecule has 0 radical (unpaired) electrons. The lowest BCUT2D eigenvalue weighted by atomic mass is 9.85. The molecular formula is C21H28N2. The Balaban J connectivity index is 1.83. The van der Waals surface area contributed by atoms with Crippen LogP contribution in [0.25, 0.3) is 0 Å². The van der Waals surface area contributed by atoms with Gasteiger partial charge in [-0.25, -0.2) is 0 Å². The zero-order valence-corrected chi connectivity index (χ0v) is 14.3. The van der Waals surface area contributed by atoms with Crippen molar-refractivity contribution < 1.29 is 0 Å². The van der Waals surface area contributed by atoms with E-state index in [-0.39, 0.29) is 5.54 Å². The summed E-state index contributed by atoms with van der Waals surface area (Å²) in [5.74, 6) is 0. The average molecular weight is 308 g/mol. The van der Waals surface area contributed by atoms with Crippen LogP contribution in [0.1, 0.15) is 43.9 Å². The van der Waals surface area contributed by atoms with Gasteiger partial charge in [0.05, 0.1) is 0 Å². The molecule has 1 saturated heterocycles. The molecule has 2 aromatic rings. The first-order valence-electron chi connectivity index (χ1n) is 8.85. The van der Waals surface area contributed by atoms with Gasteiger partial charge in [-0.05, 0) is 24.0 Å². The fraction of sp³-hybridized carbons (Fsp3) is 0.429. The summed E-state index contributed by atoms with van der Waals surface area (Å²) in [6, 6.07) is 22.2. The lowest BCUT2D eigenvalue weighted by Crippen LogP contribution is -2.61. The smallest absolute Gasteiger partial charge is 0.0450 e. The maximum absolute atomic E-state index is 3.80. The van der Waals surface area contributed by atoms with Crippen molar-refractivity contribution >= 4 is 0 Å². The van der Waals surface area contributed by atoms with Crippen molar-refractivity contribution in [1.82, 2.24) is 10.2 Å². The van der Waals surface area contributed by atoms with E-state index in [2.05, 4.69) is 84.7 Å². The quantitative estimate of drug-likeness (QED) is 0.881. The highest BCUT2D eigenvalue weighted by atomic mass is 15.3. The highest BCUT2D eigenvalue weighted by molar-refractivity contribution is 5.22. The fourth-order valence-corrected chi connectivity index (χ4v) is 3.80. The number of piperazine rings is 1. The zero-order valence-electron chi connectivity index (χ0n) is 14.3. The second-order valence-electron chi connectivity index (χ2n) is 6.64. The summed E-state index contributed by atoms with van der Waals surface area (Å²) in [5.41, 5.74) is 3.07. The van der Waals surface area contributed by atoms with E-state index >= 15 is 0 Å². The van der Waals surface area contributed by atoms with Crippen LogP contribution in [0.2, 0.25) is 0 Å². The van der Waals surface area contributed by atoms with E-state index in [1.54, 1.807) is 0 Å². The predicted molar refractivity (Wildman–Crippen MR) is 97.4 cm³/mol. The molecule has 2 nitrogen and oxygen atoms in total. The Labute approximate surface area is 140 Å². The number of hydrogen-bond acceptors (Lipinski definition) is 2. The lowest BCUT2D eigenvalue weighted by Gasteiger charge is -2.50. The van der Waals surface area contributed by atoms with Crippen LogP contribution in [0.5, 0.6) is 0 Å². The predicted octanol–water partition coefficient (Wildman–Crippen LogP) is 4.39. The average Bonchev–Trinajstić information content (AvgIpc) is 2.63. The number of hydrogen-bond donors (Lipinski definition) is 1. The molecular weight excluding hydrogens is 280 g/mol. The molecule has 1 unspecified atom stereocenters. The summed E-state index contributed by atoms with van der Waals surface area (Å²) in [5, 5.41) is 3.80. The van der Waals surface area contributed by atoms with Gasteiger partial charge >= 0.3 is 0 Å². The minimum absolute atomic E-state index is 0.265. The Morgan fingerprint density at radius 1 is 0.957 bits per heavy atom. The van der Waals surface area contributed by atoms with Gasteiger partial charge in [0.15, 0.2) is 0 Å². The minimum Gasteiger partial charge on any atom is -0.307 e. The van der Waals surface area contributed by atoms with Gasteiger partial charge in [0.25, 0.3) is 0 Å². The molecule has 1 heterocycles. The molecule has 0 amide bonds. The van der Waals surface area contributed by atoms with E-state index in [1.165, 1.54) is 24.0 Å². The summed E-state index contributed by atoms with van der Waals surface area (Å²) < 4.78 is 0. The second-order valence-corrected chi connectivity index (χ2v) is 6.64. The fourth-order valence-electron chi connectivity index (χ4n) is 3.80. The third-order valence-corrected chi connectivity index (χ3v) is 5.49. The Morgan fingerprint density at radius 3 is 2.17 bits per heavy atom.